The second-order valence-electron chi connectivity index (χ2n) is 6.83. The van der Waals surface area contributed by atoms with Crippen LogP contribution in [0.15, 0.2) is 24.3 Å². The lowest BCUT2D eigenvalue weighted by Gasteiger charge is -2.32. The van der Waals surface area contributed by atoms with Gasteiger partial charge in [-0.2, -0.15) is 13.2 Å². The maximum atomic E-state index is 13.9. The molecule has 3 rings (SSSR count). The van der Waals surface area contributed by atoms with Gasteiger partial charge in [0.25, 0.3) is 17.5 Å². The molecule has 0 radical (unpaired) electrons. The molecule has 7 nitrogen and oxygen atoms in total. The van der Waals surface area contributed by atoms with E-state index in [2.05, 4.69) is 0 Å². The van der Waals surface area contributed by atoms with Crippen LogP contribution in [0.2, 0.25) is 0 Å². The molecule has 1 saturated carbocycles. The van der Waals surface area contributed by atoms with E-state index in [4.69, 9.17) is 4.74 Å². The van der Waals surface area contributed by atoms with Gasteiger partial charge in [0.2, 0.25) is 0 Å². The summed E-state index contributed by atoms with van der Waals surface area (Å²) in [4.78, 5) is 38.1. The first-order valence-corrected chi connectivity index (χ1v) is 8.88. The number of carbonyl (C=O) groups is 3. The maximum absolute atomic E-state index is 13.9. The summed E-state index contributed by atoms with van der Waals surface area (Å²) in [6.45, 7) is 0. The highest BCUT2D eigenvalue weighted by molar-refractivity contribution is 6.10. The molecular weight excluding hydrogens is 379 g/mol. The van der Waals surface area contributed by atoms with Crippen molar-refractivity contribution in [2.45, 2.75) is 50.0 Å². The topological polar surface area (TPSA) is 87.7 Å². The van der Waals surface area contributed by atoms with Crippen molar-refractivity contribution in [2.75, 3.05) is 7.11 Å². The molecule has 152 valence electrons. The van der Waals surface area contributed by atoms with Crippen molar-refractivity contribution in [3.8, 4) is 5.75 Å². The van der Waals surface area contributed by atoms with Crippen molar-refractivity contribution in [2.24, 2.45) is 0 Å². The van der Waals surface area contributed by atoms with Crippen molar-refractivity contribution in [1.82, 2.24) is 15.5 Å². The molecule has 0 unspecified atom stereocenters. The zero-order valence-electron chi connectivity index (χ0n) is 15.1. The quantitative estimate of drug-likeness (QED) is 0.762. The van der Waals surface area contributed by atoms with Gasteiger partial charge in [0.15, 0.2) is 0 Å². The molecule has 2 fully saturated rings. The Hall–Kier alpha value is -2.78. The molecule has 10 heteroatoms. The summed E-state index contributed by atoms with van der Waals surface area (Å²) in [5.41, 5.74) is -3.64. The summed E-state index contributed by atoms with van der Waals surface area (Å²) in [5.74, 6) is -2.40. The number of hydrogen-bond donors (Lipinski definition) is 2. The van der Waals surface area contributed by atoms with Gasteiger partial charge in [-0.1, -0.05) is 25.3 Å². The Kier molecular flexibility index (Phi) is 5.22. The SMILES string of the molecule is COc1cccc(C(=O)N[C@]2(C(F)(F)F)NC(=O)N(C3CCCCC3)C2=O)c1. The average molecular weight is 399 g/mol. The summed E-state index contributed by atoms with van der Waals surface area (Å²) < 4.78 is 46.7. The largest absolute Gasteiger partial charge is 0.497 e. The molecule has 2 N–H and O–H groups in total. The molecule has 1 atom stereocenters. The molecule has 1 aromatic carbocycles. The summed E-state index contributed by atoms with van der Waals surface area (Å²) in [6.07, 6.45) is -2.00. The van der Waals surface area contributed by atoms with Crippen LogP contribution in [-0.4, -0.2) is 47.7 Å². The summed E-state index contributed by atoms with van der Waals surface area (Å²) in [7, 11) is 1.34. The number of hydrogen-bond acceptors (Lipinski definition) is 4. The minimum absolute atomic E-state index is 0.138. The predicted octanol–water partition coefficient (Wildman–Crippen LogP) is 2.57. The van der Waals surface area contributed by atoms with Crippen molar-refractivity contribution in [3.05, 3.63) is 29.8 Å². The van der Waals surface area contributed by atoms with Crippen LogP contribution < -0.4 is 15.4 Å². The number of imide groups is 1. The van der Waals surface area contributed by atoms with Gasteiger partial charge in [0.1, 0.15) is 5.75 Å². The van der Waals surface area contributed by atoms with E-state index in [0.29, 0.717) is 17.7 Å². The monoisotopic (exact) mass is 399 g/mol. The first-order chi connectivity index (χ1) is 13.2. The van der Waals surface area contributed by atoms with Crippen LogP contribution >= 0.6 is 0 Å². The number of ether oxygens (including phenoxy) is 1. The minimum Gasteiger partial charge on any atom is -0.497 e. The van der Waals surface area contributed by atoms with Crippen LogP contribution in [0.4, 0.5) is 18.0 Å². The van der Waals surface area contributed by atoms with Gasteiger partial charge in [-0.3, -0.25) is 19.8 Å². The standard InChI is InChI=1S/C18H20F3N3O4/c1-28-13-9-5-6-11(10-13)14(25)22-17(18(19,20)21)15(26)24(16(27)23-17)12-7-3-2-4-8-12/h5-6,9-10,12H,2-4,7-8H2,1H3,(H,22,25)(H,23,27)/t17-/m0/s1. The van der Waals surface area contributed by atoms with Crippen LogP contribution in [0, 0.1) is 0 Å². The fraction of sp³-hybridized carbons (Fsp3) is 0.500. The first-order valence-electron chi connectivity index (χ1n) is 8.88. The Morgan fingerprint density at radius 2 is 1.93 bits per heavy atom. The molecule has 4 amide bonds. The van der Waals surface area contributed by atoms with E-state index in [1.54, 1.807) is 10.6 Å². The van der Waals surface area contributed by atoms with Crippen LogP contribution in [0.25, 0.3) is 0 Å². The summed E-state index contributed by atoms with van der Waals surface area (Å²) in [6, 6.07) is 3.70. The third-order valence-corrected chi connectivity index (χ3v) is 5.05. The zero-order chi connectivity index (χ0) is 20.5. The molecule has 1 aliphatic heterocycles. The molecule has 0 bridgehead atoms. The van der Waals surface area contributed by atoms with Crippen LogP contribution in [0.1, 0.15) is 42.5 Å². The second kappa shape index (κ2) is 7.33. The van der Waals surface area contributed by atoms with E-state index >= 15 is 0 Å². The number of halogens is 3. The van der Waals surface area contributed by atoms with Gasteiger partial charge in [-0.05, 0) is 31.0 Å². The fourth-order valence-corrected chi connectivity index (χ4v) is 3.57. The fourth-order valence-electron chi connectivity index (χ4n) is 3.57. The average Bonchev–Trinajstić information content (AvgIpc) is 2.93. The first kappa shape index (κ1) is 20.0. The van der Waals surface area contributed by atoms with E-state index in [1.165, 1.54) is 31.4 Å². The molecule has 28 heavy (non-hydrogen) atoms. The van der Waals surface area contributed by atoms with Gasteiger partial charge in [0, 0.05) is 11.6 Å². The van der Waals surface area contributed by atoms with Crippen molar-refractivity contribution in [1.29, 1.82) is 0 Å². The van der Waals surface area contributed by atoms with Crippen molar-refractivity contribution >= 4 is 17.8 Å². The number of benzene rings is 1. The third-order valence-electron chi connectivity index (χ3n) is 5.05. The maximum Gasteiger partial charge on any atom is 0.440 e. The number of carbonyl (C=O) groups excluding carboxylic acids is 3. The Balaban J connectivity index is 1.92. The van der Waals surface area contributed by atoms with E-state index in [0.717, 1.165) is 19.3 Å². The number of rotatable bonds is 4. The molecule has 1 aromatic rings. The molecule has 2 aliphatic rings. The lowest BCUT2D eigenvalue weighted by atomic mass is 9.94. The summed E-state index contributed by atoms with van der Waals surface area (Å²) >= 11 is 0. The number of methoxy groups -OCH3 is 1. The van der Waals surface area contributed by atoms with E-state index in [9.17, 15) is 27.6 Å². The molecular formula is C18H20F3N3O4. The predicted molar refractivity (Wildman–Crippen MR) is 91.5 cm³/mol. The molecule has 0 spiro atoms. The lowest BCUT2D eigenvalue weighted by molar-refractivity contribution is -0.200. The third kappa shape index (κ3) is 3.38. The minimum atomic E-state index is -5.22. The normalized spacial score (nSPS) is 23.5. The molecule has 1 heterocycles. The highest BCUT2D eigenvalue weighted by Crippen LogP contribution is 2.37. The van der Waals surface area contributed by atoms with E-state index < -0.39 is 35.7 Å². The highest BCUT2D eigenvalue weighted by atomic mass is 19.4. The molecule has 0 aromatic heterocycles. The number of nitrogens with one attached hydrogen (secondary N) is 2. The number of urea groups is 1. The lowest BCUT2D eigenvalue weighted by Crippen LogP contribution is -2.69. The van der Waals surface area contributed by atoms with Gasteiger partial charge in [0.05, 0.1) is 7.11 Å². The molecule has 1 aliphatic carbocycles. The van der Waals surface area contributed by atoms with Gasteiger partial charge in [-0.15, -0.1) is 0 Å². The Morgan fingerprint density at radius 1 is 1.25 bits per heavy atom. The second-order valence-corrected chi connectivity index (χ2v) is 6.83. The highest BCUT2D eigenvalue weighted by Gasteiger charge is 2.69. The van der Waals surface area contributed by atoms with E-state index in [-0.39, 0.29) is 11.3 Å². The number of alkyl halides is 3. The zero-order valence-corrected chi connectivity index (χ0v) is 15.1. The molecule has 1 saturated heterocycles. The Labute approximate surface area is 159 Å². The van der Waals surface area contributed by atoms with Gasteiger partial charge >= 0.3 is 12.2 Å². The Bertz CT molecular complexity index is 793. The number of amides is 4. The van der Waals surface area contributed by atoms with Crippen LogP contribution in [-0.2, 0) is 4.79 Å². The van der Waals surface area contributed by atoms with Gasteiger partial charge < -0.3 is 10.1 Å². The van der Waals surface area contributed by atoms with Crippen LogP contribution in [0.5, 0.6) is 5.75 Å². The van der Waals surface area contributed by atoms with E-state index in [1.807, 2.05) is 0 Å². The number of nitrogens with zero attached hydrogens (tertiary/aromatic N) is 1. The van der Waals surface area contributed by atoms with Crippen molar-refractivity contribution in [3.63, 3.8) is 0 Å². The van der Waals surface area contributed by atoms with Crippen molar-refractivity contribution < 1.29 is 32.3 Å². The van der Waals surface area contributed by atoms with Gasteiger partial charge in [-0.25, -0.2) is 4.79 Å². The smallest absolute Gasteiger partial charge is 0.440 e. The van der Waals surface area contributed by atoms with Crippen LogP contribution in [0.3, 0.4) is 0 Å². The Morgan fingerprint density at radius 3 is 2.54 bits per heavy atom. The summed E-state index contributed by atoms with van der Waals surface area (Å²) in [5, 5.41) is 3.39.